The molecule has 0 amide bonds. The van der Waals surface area contributed by atoms with Crippen LogP contribution in [0.3, 0.4) is 0 Å². The van der Waals surface area contributed by atoms with Crippen molar-refractivity contribution in [3.8, 4) is 22.5 Å². The topological polar surface area (TPSA) is 41.6 Å². The van der Waals surface area contributed by atoms with E-state index in [4.69, 9.17) is 0 Å². The molecule has 100 valence electrons. The largest absolute Gasteiger partial charge is 0.263 e. The number of nitrogens with zero attached hydrogens (tertiary/aromatic N) is 2. The van der Waals surface area contributed by atoms with Crippen LogP contribution in [0.4, 0.5) is 0 Å². The molecule has 3 rings (SSSR count). The Hall–Kier alpha value is -2.42. The van der Waals surface area contributed by atoms with Gasteiger partial charge in [-0.15, -0.1) is 0 Å². The molecule has 2 aromatic carbocycles. The Balaban J connectivity index is 1.94. The maximum atomic E-state index is 4.54. The van der Waals surface area contributed by atoms with Gasteiger partial charge in [-0.1, -0.05) is 55.5 Å². The van der Waals surface area contributed by atoms with Crippen molar-refractivity contribution in [3.63, 3.8) is 0 Å². The first kappa shape index (κ1) is 12.6. The first-order valence-electron chi connectivity index (χ1n) is 6.94. The summed E-state index contributed by atoms with van der Waals surface area (Å²) in [4.78, 5) is 4.54. The highest BCUT2D eigenvalue weighted by Crippen LogP contribution is 2.24. The zero-order valence-electron chi connectivity index (χ0n) is 11.5. The van der Waals surface area contributed by atoms with Crippen molar-refractivity contribution in [1.82, 2.24) is 15.2 Å². The maximum absolute atomic E-state index is 4.54. The van der Waals surface area contributed by atoms with E-state index in [-0.39, 0.29) is 0 Å². The van der Waals surface area contributed by atoms with Crippen LogP contribution in [0.25, 0.3) is 22.5 Å². The lowest BCUT2D eigenvalue weighted by molar-refractivity contribution is 0.841. The molecule has 0 saturated carbocycles. The Bertz CT molecular complexity index is 686. The minimum absolute atomic E-state index is 0.770. The van der Waals surface area contributed by atoms with Crippen LogP contribution in [-0.2, 0) is 6.42 Å². The zero-order chi connectivity index (χ0) is 13.8. The summed E-state index contributed by atoms with van der Waals surface area (Å²) in [6.45, 7) is 2.14. The lowest BCUT2D eigenvalue weighted by atomic mass is 10.0. The molecule has 20 heavy (non-hydrogen) atoms. The van der Waals surface area contributed by atoms with E-state index in [1.165, 1.54) is 11.1 Å². The Labute approximate surface area is 118 Å². The van der Waals surface area contributed by atoms with Gasteiger partial charge in [0.1, 0.15) is 5.82 Å². The van der Waals surface area contributed by atoms with E-state index < -0.39 is 0 Å². The van der Waals surface area contributed by atoms with Crippen LogP contribution >= 0.6 is 0 Å². The van der Waals surface area contributed by atoms with Gasteiger partial charge < -0.3 is 0 Å². The number of aryl methyl sites for hydroxylation is 1. The molecule has 0 aliphatic heterocycles. The number of aromatic amines is 1. The number of hydrogen-bond acceptors (Lipinski definition) is 2. The van der Waals surface area contributed by atoms with Crippen molar-refractivity contribution in [3.05, 3.63) is 60.4 Å². The van der Waals surface area contributed by atoms with Gasteiger partial charge in [-0.3, -0.25) is 5.10 Å². The van der Waals surface area contributed by atoms with Crippen LogP contribution in [0.5, 0.6) is 0 Å². The predicted molar refractivity (Wildman–Crippen MR) is 81.2 cm³/mol. The minimum atomic E-state index is 0.770. The molecule has 0 spiro atoms. The van der Waals surface area contributed by atoms with Gasteiger partial charge in [0, 0.05) is 12.0 Å². The number of benzene rings is 2. The van der Waals surface area contributed by atoms with Crippen LogP contribution in [-0.4, -0.2) is 15.2 Å². The second kappa shape index (κ2) is 5.70. The van der Waals surface area contributed by atoms with Crippen LogP contribution < -0.4 is 0 Å². The molecule has 0 fully saturated rings. The normalized spacial score (nSPS) is 10.7. The molecule has 0 aliphatic carbocycles. The summed E-state index contributed by atoms with van der Waals surface area (Å²) in [7, 11) is 0. The second-order valence-corrected chi connectivity index (χ2v) is 4.80. The summed E-state index contributed by atoms with van der Waals surface area (Å²) >= 11 is 0. The monoisotopic (exact) mass is 263 g/mol. The van der Waals surface area contributed by atoms with E-state index in [2.05, 4.69) is 46.4 Å². The van der Waals surface area contributed by atoms with Gasteiger partial charge in [0.2, 0.25) is 0 Å². The third-order valence-corrected chi connectivity index (χ3v) is 3.25. The SMILES string of the molecule is CCCc1nc(-c2cccc(-c3ccccc3)c2)n[nH]1. The molecular weight excluding hydrogens is 246 g/mol. The first-order chi connectivity index (χ1) is 9.86. The Morgan fingerprint density at radius 1 is 0.900 bits per heavy atom. The molecule has 0 atom stereocenters. The highest BCUT2D eigenvalue weighted by molar-refractivity contribution is 5.69. The van der Waals surface area contributed by atoms with Crippen molar-refractivity contribution in [2.24, 2.45) is 0 Å². The van der Waals surface area contributed by atoms with Crippen molar-refractivity contribution >= 4 is 0 Å². The molecule has 0 aliphatic rings. The average molecular weight is 263 g/mol. The fourth-order valence-corrected chi connectivity index (χ4v) is 2.24. The van der Waals surface area contributed by atoms with E-state index >= 15 is 0 Å². The number of H-pyrrole nitrogens is 1. The Morgan fingerprint density at radius 3 is 2.45 bits per heavy atom. The molecule has 0 radical (unpaired) electrons. The van der Waals surface area contributed by atoms with Crippen LogP contribution in [0.15, 0.2) is 54.6 Å². The molecule has 3 heteroatoms. The van der Waals surface area contributed by atoms with Crippen LogP contribution in [0, 0.1) is 0 Å². The predicted octanol–water partition coefficient (Wildman–Crippen LogP) is 4.09. The highest BCUT2D eigenvalue weighted by atomic mass is 15.2. The Morgan fingerprint density at radius 2 is 1.65 bits per heavy atom. The highest BCUT2D eigenvalue weighted by Gasteiger charge is 2.06. The van der Waals surface area contributed by atoms with Crippen molar-refractivity contribution in [2.75, 3.05) is 0 Å². The quantitative estimate of drug-likeness (QED) is 0.770. The summed E-state index contributed by atoms with van der Waals surface area (Å²) in [5, 5.41) is 7.31. The van der Waals surface area contributed by atoms with Gasteiger partial charge in [-0.25, -0.2) is 4.98 Å². The van der Waals surface area contributed by atoms with E-state index in [9.17, 15) is 0 Å². The fourth-order valence-electron chi connectivity index (χ4n) is 2.24. The average Bonchev–Trinajstić information content (AvgIpc) is 2.97. The minimum Gasteiger partial charge on any atom is -0.263 e. The molecule has 0 bridgehead atoms. The van der Waals surface area contributed by atoms with Crippen molar-refractivity contribution < 1.29 is 0 Å². The summed E-state index contributed by atoms with van der Waals surface area (Å²) in [5.41, 5.74) is 3.44. The molecule has 0 unspecified atom stereocenters. The molecular formula is C17H17N3. The summed E-state index contributed by atoms with van der Waals surface area (Å²) in [5.74, 6) is 1.72. The lowest BCUT2D eigenvalue weighted by Crippen LogP contribution is -1.86. The molecule has 1 heterocycles. The zero-order valence-corrected chi connectivity index (χ0v) is 11.5. The van der Waals surface area contributed by atoms with Crippen LogP contribution in [0.1, 0.15) is 19.2 Å². The molecule has 3 nitrogen and oxygen atoms in total. The molecule has 0 saturated heterocycles. The van der Waals surface area contributed by atoms with E-state index in [1.54, 1.807) is 0 Å². The first-order valence-corrected chi connectivity index (χ1v) is 6.94. The standard InChI is InChI=1S/C17H17N3/c1-2-7-16-18-17(20-19-16)15-11-6-10-14(12-15)13-8-4-3-5-9-13/h3-6,8-12H,2,7H2,1H3,(H,18,19,20). The van der Waals surface area contributed by atoms with Gasteiger partial charge in [-0.2, -0.15) is 5.10 Å². The summed E-state index contributed by atoms with van der Waals surface area (Å²) in [6.07, 6.45) is 2.00. The summed E-state index contributed by atoms with van der Waals surface area (Å²) in [6, 6.07) is 18.7. The smallest absolute Gasteiger partial charge is 0.181 e. The van der Waals surface area contributed by atoms with Crippen molar-refractivity contribution in [2.45, 2.75) is 19.8 Å². The molecule has 1 aromatic heterocycles. The Kier molecular flexibility index (Phi) is 3.59. The van der Waals surface area contributed by atoms with E-state index in [0.29, 0.717) is 0 Å². The van der Waals surface area contributed by atoms with Crippen molar-refractivity contribution in [1.29, 1.82) is 0 Å². The third-order valence-electron chi connectivity index (χ3n) is 3.25. The van der Waals surface area contributed by atoms with Gasteiger partial charge >= 0.3 is 0 Å². The maximum Gasteiger partial charge on any atom is 0.181 e. The molecule has 3 aromatic rings. The van der Waals surface area contributed by atoms with E-state index in [0.717, 1.165) is 30.1 Å². The number of nitrogens with one attached hydrogen (secondary N) is 1. The lowest BCUT2D eigenvalue weighted by Gasteiger charge is -2.03. The van der Waals surface area contributed by atoms with Gasteiger partial charge in [0.25, 0.3) is 0 Å². The third kappa shape index (κ3) is 2.62. The second-order valence-electron chi connectivity index (χ2n) is 4.80. The summed E-state index contributed by atoms with van der Waals surface area (Å²) < 4.78 is 0. The van der Waals surface area contributed by atoms with E-state index in [1.807, 2.05) is 30.3 Å². The number of aromatic nitrogens is 3. The molecule has 1 N–H and O–H groups in total. The van der Waals surface area contributed by atoms with Crippen LogP contribution in [0.2, 0.25) is 0 Å². The van der Waals surface area contributed by atoms with Gasteiger partial charge in [-0.05, 0) is 23.6 Å². The fraction of sp³-hybridized carbons (Fsp3) is 0.176. The van der Waals surface area contributed by atoms with Gasteiger partial charge in [0.05, 0.1) is 0 Å². The van der Waals surface area contributed by atoms with Gasteiger partial charge in [0.15, 0.2) is 5.82 Å². The number of hydrogen-bond donors (Lipinski definition) is 1. The number of rotatable bonds is 4.